The highest BCUT2D eigenvalue weighted by Gasteiger charge is 2.07. The van der Waals surface area contributed by atoms with Crippen LogP contribution in [-0.4, -0.2) is 25.4 Å². The maximum absolute atomic E-state index is 11.7. The zero-order chi connectivity index (χ0) is 12.8. The van der Waals surface area contributed by atoms with Gasteiger partial charge >= 0.3 is 0 Å². The summed E-state index contributed by atoms with van der Waals surface area (Å²) < 4.78 is 0. The van der Waals surface area contributed by atoms with Gasteiger partial charge in [-0.1, -0.05) is 0 Å². The van der Waals surface area contributed by atoms with Crippen molar-refractivity contribution < 1.29 is 9.59 Å². The van der Waals surface area contributed by atoms with Crippen LogP contribution in [0.25, 0.3) is 0 Å². The van der Waals surface area contributed by atoms with Crippen molar-refractivity contribution in [2.75, 3.05) is 18.9 Å². The Bertz CT molecular complexity index is 430. The van der Waals surface area contributed by atoms with Gasteiger partial charge in [-0.3, -0.25) is 9.59 Å². The Morgan fingerprint density at radius 1 is 1.35 bits per heavy atom. The Hall–Kier alpha value is -2.04. The second-order valence-corrected chi connectivity index (χ2v) is 3.75. The standard InChI is InChI=1S/C12H17N3O2/c1-8-7-9(3-4-10(8)14-2)12(17)15-6-5-11(13)16/h3-4,7,14H,5-6H2,1-2H3,(H2,13,16)(H,15,17). The third-order valence-electron chi connectivity index (χ3n) is 2.41. The first-order valence-electron chi connectivity index (χ1n) is 5.39. The minimum Gasteiger partial charge on any atom is -0.388 e. The summed E-state index contributed by atoms with van der Waals surface area (Å²) in [5.41, 5.74) is 7.54. The minimum atomic E-state index is -0.424. The van der Waals surface area contributed by atoms with Crippen LogP contribution in [0.4, 0.5) is 5.69 Å². The van der Waals surface area contributed by atoms with E-state index in [9.17, 15) is 9.59 Å². The Morgan fingerprint density at radius 2 is 2.06 bits per heavy atom. The second kappa shape index (κ2) is 5.89. The lowest BCUT2D eigenvalue weighted by Crippen LogP contribution is -2.27. The number of primary amides is 1. The van der Waals surface area contributed by atoms with E-state index in [-0.39, 0.29) is 18.9 Å². The summed E-state index contributed by atoms with van der Waals surface area (Å²) in [5, 5.41) is 5.66. The Morgan fingerprint density at radius 3 is 2.59 bits per heavy atom. The highest BCUT2D eigenvalue weighted by Crippen LogP contribution is 2.15. The fourth-order valence-electron chi connectivity index (χ4n) is 1.49. The van der Waals surface area contributed by atoms with Gasteiger partial charge in [0.05, 0.1) is 0 Å². The van der Waals surface area contributed by atoms with Crippen LogP contribution in [0.5, 0.6) is 0 Å². The van der Waals surface area contributed by atoms with Gasteiger partial charge in [0.1, 0.15) is 0 Å². The molecule has 4 N–H and O–H groups in total. The van der Waals surface area contributed by atoms with Gasteiger partial charge in [0.25, 0.3) is 5.91 Å². The number of anilines is 1. The first-order valence-corrected chi connectivity index (χ1v) is 5.39. The van der Waals surface area contributed by atoms with E-state index in [0.29, 0.717) is 5.56 Å². The van der Waals surface area contributed by atoms with Crippen molar-refractivity contribution in [3.63, 3.8) is 0 Å². The third kappa shape index (κ3) is 3.79. The van der Waals surface area contributed by atoms with E-state index in [4.69, 9.17) is 5.73 Å². The third-order valence-corrected chi connectivity index (χ3v) is 2.41. The van der Waals surface area contributed by atoms with Gasteiger partial charge in [0.2, 0.25) is 5.91 Å². The van der Waals surface area contributed by atoms with Gasteiger partial charge in [-0.05, 0) is 30.7 Å². The van der Waals surface area contributed by atoms with Crippen LogP contribution >= 0.6 is 0 Å². The molecular formula is C12H17N3O2. The highest BCUT2D eigenvalue weighted by atomic mass is 16.2. The summed E-state index contributed by atoms with van der Waals surface area (Å²) in [6, 6.07) is 5.38. The van der Waals surface area contributed by atoms with Crippen molar-refractivity contribution in [3.8, 4) is 0 Å². The molecule has 0 saturated heterocycles. The highest BCUT2D eigenvalue weighted by molar-refractivity contribution is 5.95. The normalized spacial score (nSPS) is 9.76. The summed E-state index contributed by atoms with van der Waals surface area (Å²) in [6.45, 7) is 2.19. The molecule has 0 aliphatic heterocycles. The lowest BCUT2D eigenvalue weighted by molar-refractivity contribution is -0.117. The molecule has 1 aromatic carbocycles. The number of carbonyl (C=O) groups is 2. The van der Waals surface area contributed by atoms with E-state index >= 15 is 0 Å². The topological polar surface area (TPSA) is 84.2 Å². The van der Waals surface area contributed by atoms with Crippen molar-refractivity contribution in [2.24, 2.45) is 5.73 Å². The van der Waals surface area contributed by atoms with Crippen molar-refractivity contribution in [1.82, 2.24) is 5.32 Å². The molecule has 0 aliphatic rings. The van der Waals surface area contributed by atoms with Gasteiger partial charge in [0.15, 0.2) is 0 Å². The molecule has 0 atom stereocenters. The van der Waals surface area contributed by atoms with E-state index in [1.54, 1.807) is 12.1 Å². The molecule has 5 heteroatoms. The maximum atomic E-state index is 11.7. The molecule has 0 aromatic heterocycles. The molecule has 0 saturated carbocycles. The summed E-state index contributed by atoms with van der Waals surface area (Å²) in [4.78, 5) is 22.2. The van der Waals surface area contributed by atoms with Crippen LogP contribution in [0.3, 0.4) is 0 Å². The molecule has 0 spiro atoms. The van der Waals surface area contributed by atoms with Gasteiger partial charge in [0, 0.05) is 31.3 Å². The first kappa shape index (κ1) is 13.0. The maximum Gasteiger partial charge on any atom is 0.251 e. The molecule has 0 fully saturated rings. The first-order chi connectivity index (χ1) is 8.04. The van der Waals surface area contributed by atoms with Gasteiger partial charge < -0.3 is 16.4 Å². The average molecular weight is 235 g/mol. The number of rotatable bonds is 5. The van der Waals surface area contributed by atoms with Crippen LogP contribution < -0.4 is 16.4 Å². The lowest BCUT2D eigenvalue weighted by atomic mass is 10.1. The summed E-state index contributed by atoms with van der Waals surface area (Å²) in [7, 11) is 1.83. The lowest BCUT2D eigenvalue weighted by Gasteiger charge is -2.08. The number of nitrogens with two attached hydrogens (primary N) is 1. The number of carbonyl (C=O) groups excluding carboxylic acids is 2. The quantitative estimate of drug-likeness (QED) is 0.700. The van der Waals surface area contributed by atoms with E-state index in [1.807, 2.05) is 20.0 Å². The Kier molecular flexibility index (Phi) is 4.51. The molecule has 0 unspecified atom stereocenters. The van der Waals surface area contributed by atoms with E-state index in [1.165, 1.54) is 0 Å². The summed E-state index contributed by atoms with van der Waals surface area (Å²) in [5.74, 6) is -0.621. The molecule has 0 radical (unpaired) electrons. The van der Waals surface area contributed by atoms with Crippen molar-refractivity contribution >= 4 is 17.5 Å². The number of aryl methyl sites for hydroxylation is 1. The van der Waals surface area contributed by atoms with Crippen molar-refractivity contribution in [1.29, 1.82) is 0 Å². The molecule has 1 aromatic rings. The predicted molar refractivity (Wildman–Crippen MR) is 66.9 cm³/mol. The Labute approximate surface area is 100 Å². The van der Waals surface area contributed by atoms with Crippen LogP contribution in [-0.2, 0) is 4.79 Å². The number of benzene rings is 1. The summed E-state index contributed by atoms with van der Waals surface area (Å²) >= 11 is 0. The molecule has 92 valence electrons. The molecule has 0 bridgehead atoms. The van der Waals surface area contributed by atoms with E-state index in [2.05, 4.69) is 10.6 Å². The molecular weight excluding hydrogens is 218 g/mol. The smallest absolute Gasteiger partial charge is 0.251 e. The van der Waals surface area contributed by atoms with Crippen LogP contribution in [0.2, 0.25) is 0 Å². The Balaban J connectivity index is 2.63. The van der Waals surface area contributed by atoms with Crippen molar-refractivity contribution in [3.05, 3.63) is 29.3 Å². The predicted octanol–water partition coefficient (Wildman–Crippen LogP) is 0.642. The molecule has 0 heterocycles. The zero-order valence-electron chi connectivity index (χ0n) is 10.0. The fourth-order valence-corrected chi connectivity index (χ4v) is 1.49. The summed E-state index contributed by atoms with van der Waals surface area (Å²) in [6.07, 6.45) is 0.152. The van der Waals surface area contributed by atoms with Crippen LogP contribution in [0.15, 0.2) is 18.2 Å². The number of hydrogen-bond donors (Lipinski definition) is 3. The molecule has 17 heavy (non-hydrogen) atoms. The monoisotopic (exact) mass is 235 g/mol. The van der Waals surface area contributed by atoms with Crippen LogP contribution in [0.1, 0.15) is 22.3 Å². The molecule has 1 rings (SSSR count). The number of nitrogens with one attached hydrogen (secondary N) is 2. The van der Waals surface area contributed by atoms with Gasteiger partial charge in [-0.2, -0.15) is 0 Å². The van der Waals surface area contributed by atoms with Gasteiger partial charge in [-0.25, -0.2) is 0 Å². The van der Waals surface area contributed by atoms with Crippen molar-refractivity contribution in [2.45, 2.75) is 13.3 Å². The fraction of sp³-hybridized carbons (Fsp3) is 0.333. The average Bonchev–Trinajstić information content (AvgIpc) is 2.28. The SMILES string of the molecule is CNc1ccc(C(=O)NCCC(N)=O)cc1C. The molecule has 2 amide bonds. The zero-order valence-corrected chi connectivity index (χ0v) is 10.0. The number of hydrogen-bond acceptors (Lipinski definition) is 3. The van der Waals surface area contributed by atoms with E-state index < -0.39 is 5.91 Å². The number of amides is 2. The molecule has 0 aliphatic carbocycles. The second-order valence-electron chi connectivity index (χ2n) is 3.75. The minimum absolute atomic E-state index is 0.152. The van der Waals surface area contributed by atoms with Crippen LogP contribution in [0, 0.1) is 6.92 Å². The molecule has 5 nitrogen and oxygen atoms in total. The van der Waals surface area contributed by atoms with Gasteiger partial charge in [-0.15, -0.1) is 0 Å². The largest absolute Gasteiger partial charge is 0.388 e. The van der Waals surface area contributed by atoms with E-state index in [0.717, 1.165) is 11.3 Å².